The van der Waals surface area contributed by atoms with Gasteiger partial charge in [-0.25, -0.2) is 9.18 Å². The molecular weight excluding hydrogens is 293 g/mol. The van der Waals surface area contributed by atoms with Gasteiger partial charge in [0, 0.05) is 0 Å². The van der Waals surface area contributed by atoms with Gasteiger partial charge in [-0.15, -0.1) is 0 Å². The first-order valence-corrected chi connectivity index (χ1v) is 5.70. The zero-order valence-electron chi connectivity index (χ0n) is 9.29. The van der Waals surface area contributed by atoms with Gasteiger partial charge in [0.15, 0.2) is 0 Å². The lowest BCUT2D eigenvalue weighted by molar-refractivity contribution is -0.115. The largest absolute Gasteiger partial charge is 0.465 e. The maximum atomic E-state index is 13.1. The molecule has 0 saturated carbocycles. The highest BCUT2D eigenvalue weighted by molar-refractivity contribution is 9.10. The zero-order valence-corrected chi connectivity index (χ0v) is 10.9. The number of hydrogen-bond donors (Lipinski definition) is 1. The van der Waals surface area contributed by atoms with Gasteiger partial charge < -0.3 is 10.1 Å². The Bertz CT molecular complexity index is 448. The van der Waals surface area contributed by atoms with Gasteiger partial charge in [-0.3, -0.25) is 4.79 Å². The molecule has 1 N–H and O–H groups in total. The van der Waals surface area contributed by atoms with E-state index in [0.717, 1.165) is 12.1 Å². The minimum Gasteiger partial charge on any atom is -0.465 e. The Morgan fingerprint density at radius 2 is 2.12 bits per heavy atom. The van der Waals surface area contributed by atoms with Crippen molar-refractivity contribution >= 4 is 33.5 Å². The highest BCUT2D eigenvalue weighted by Gasteiger charge is 2.16. The number of amides is 1. The van der Waals surface area contributed by atoms with Gasteiger partial charge in [0.05, 0.1) is 23.2 Å². The van der Waals surface area contributed by atoms with E-state index in [1.807, 2.05) is 0 Å². The summed E-state index contributed by atoms with van der Waals surface area (Å²) in [5.74, 6) is -1.56. The summed E-state index contributed by atoms with van der Waals surface area (Å²) in [6.45, 7) is 1.62. The molecule has 0 aromatic heterocycles. The summed E-state index contributed by atoms with van der Waals surface area (Å²) in [7, 11) is 1.21. The maximum Gasteiger partial charge on any atom is 0.339 e. The summed E-state index contributed by atoms with van der Waals surface area (Å²) in [6.07, 6.45) is 0. The number of halogens is 2. The predicted octanol–water partition coefficient (Wildman–Crippen LogP) is 2.33. The summed E-state index contributed by atoms with van der Waals surface area (Å²) in [6, 6.07) is 3.45. The van der Waals surface area contributed by atoms with Crippen molar-refractivity contribution < 1.29 is 18.7 Å². The highest BCUT2D eigenvalue weighted by atomic mass is 79.9. The first-order chi connectivity index (χ1) is 7.95. The molecule has 1 unspecified atom stereocenters. The summed E-state index contributed by atoms with van der Waals surface area (Å²) in [4.78, 5) is 22.4. The van der Waals surface area contributed by atoms with E-state index in [1.54, 1.807) is 6.92 Å². The van der Waals surface area contributed by atoms with E-state index in [9.17, 15) is 14.0 Å². The second kappa shape index (κ2) is 5.77. The van der Waals surface area contributed by atoms with Crippen molar-refractivity contribution in [1.82, 2.24) is 0 Å². The van der Waals surface area contributed by atoms with Crippen LogP contribution >= 0.6 is 15.9 Å². The molecule has 1 rings (SSSR count). The van der Waals surface area contributed by atoms with Crippen molar-refractivity contribution in [2.24, 2.45) is 0 Å². The fourth-order valence-electron chi connectivity index (χ4n) is 1.14. The molecule has 92 valence electrons. The molecule has 4 nitrogen and oxygen atoms in total. The van der Waals surface area contributed by atoms with Gasteiger partial charge in [-0.1, -0.05) is 15.9 Å². The zero-order chi connectivity index (χ0) is 13.0. The molecule has 6 heteroatoms. The number of esters is 1. The molecule has 1 aromatic carbocycles. The number of anilines is 1. The molecule has 0 aliphatic heterocycles. The van der Waals surface area contributed by atoms with Crippen LogP contribution in [0.1, 0.15) is 17.3 Å². The fraction of sp³-hybridized carbons (Fsp3) is 0.273. The molecule has 0 heterocycles. The second-order valence-corrected chi connectivity index (χ2v) is 4.66. The van der Waals surface area contributed by atoms with Crippen molar-refractivity contribution in [3.63, 3.8) is 0 Å². The first-order valence-electron chi connectivity index (χ1n) is 4.78. The van der Waals surface area contributed by atoms with Crippen LogP contribution in [0.15, 0.2) is 18.2 Å². The van der Waals surface area contributed by atoms with Crippen LogP contribution in [0.3, 0.4) is 0 Å². The van der Waals surface area contributed by atoms with Crippen LogP contribution in [-0.4, -0.2) is 23.8 Å². The summed E-state index contributed by atoms with van der Waals surface area (Å²) in [5, 5.41) is 2.44. The number of carbonyl (C=O) groups excluding carboxylic acids is 2. The molecule has 0 radical (unpaired) electrons. The lowest BCUT2D eigenvalue weighted by Gasteiger charge is -2.10. The molecule has 0 bridgehead atoms. The molecular formula is C11H11BrFNO3. The van der Waals surface area contributed by atoms with Gasteiger partial charge in [0.1, 0.15) is 5.82 Å². The Morgan fingerprint density at radius 1 is 1.47 bits per heavy atom. The van der Waals surface area contributed by atoms with Gasteiger partial charge in [-0.2, -0.15) is 0 Å². The highest BCUT2D eigenvalue weighted by Crippen LogP contribution is 2.19. The molecule has 17 heavy (non-hydrogen) atoms. The number of methoxy groups -OCH3 is 1. The summed E-state index contributed by atoms with van der Waals surface area (Å²) < 4.78 is 17.6. The molecule has 1 aromatic rings. The molecule has 0 saturated heterocycles. The third-order valence-corrected chi connectivity index (χ3v) is 2.42. The van der Waals surface area contributed by atoms with Crippen LogP contribution in [0, 0.1) is 5.82 Å². The van der Waals surface area contributed by atoms with E-state index in [0.29, 0.717) is 0 Å². The minimum atomic E-state index is -0.637. The number of rotatable bonds is 3. The van der Waals surface area contributed by atoms with Crippen molar-refractivity contribution in [2.45, 2.75) is 11.8 Å². The van der Waals surface area contributed by atoms with E-state index in [4.69, 9.17) is 0 Å². The number of benzene rings is 1. The van der Waals surface area contributed by atoms with Crippen LogP contribution in [0.2, 0.25) is 0 Å². The Labute approximate surface area is 106 Å². The van der Waals surface area contributed by atoms with Crippen LogP contribution in [-0.2, 0) is 9.53 Å². The van der Waals surface area contributed by atoms with E-state index in [1.165, 1.54) is 13.2 Å². The summed E-state index contributed by atoms with van der Waals surface area (Å²) >= 11 is 3.07. The standard InChI is InChI=1S/C11H11BrFNO3/c1-6(12)10(15)14-9-5-7(13)3-4-8(9)11(16)17-2/h3-6H,1-2H3,(H,14,15). The lowest BCUT2D eigenvalue weighted by Crippen LogP contribution is -2.21. The van der Waals surface area contributed by atoms with E-state index < -0.39 is 16.6 Å². The number of alkyl halides is 1. The molecule has 0 aliphatic rings. The topological polar surface area (TPSA) is 55.4 Å². The second-order valence-electron chi connectivity index (χ2n) is 3.29. The van der Waals surface area contributed by atoms with Crippen LogP contribution in [0.25, 0.3) is 0 Å². The van der Waals surface area contributed by atoms with Gasteiger partial charge in [0.2, 0.25) is 5.91 Å². The number of hydrogen-bond acceptors (Lipinski definition) is 3. The Balaban J connectivity index is 3.07. The number of ether oxygens (including phenoxy) is 1. The van der Waals surface area contributed by atoms with E-state index in [-0.39, 0.29) is 17.2 Å². The van der Waals surface area contributed by atoms with E-state index >= 15 is 0 Å². The average Bonchev–Trinajstić information content (AvgIpc) is 2.28. The normalized spacial score (nSPS) is 11.8. The molecule has 0 aliphatic carbocycles. The van der Waals surface area contributed by atoms with Gasteiger partial charge >= 0.3 is 5.97 Å². The average molecular weight is 304 g/mol. The van der Waals surface area contributed by atoms with Crippen LogP contribution in [0.4, 0.5) is 10.1 Å². The maximum absolute atomic E-state index is 13.1. The van der Waals surface area contributed by atoms with Crippen molar-refractivity contribution in [3.8, 4) is 0 Å². The van der Waals surface area contributed by atoms with Crippen LogP contribution < -0.4 is 5.32 Å². The molecule has 0 spiro atoms. The third kappa shape index (κ3) is 3.52. The quantitative estimate of drug-likeness (QED) is 0.689. The monoisotopic (exact) mass is 303 g/mol. The third-order valence-electron chi connectivity index (χ3n) is 2.01. The molecule has 1 atom stereocenters. The van der Waals surface area contributed by atoms with Crippen molar-refractivity contribution in [3.05, 3.63) is 29.6 Å². The Hall–Kier alpha value is -1.43. The van der Waals surface area contributed by atoms with Crippen molar-refractivity contribution in [1.29, 1.82) is 0 Å². The smallest absolute Gasteiger partial charge is 0.339 e. The lowest BCUT2D eigenvalue weighted by atomic mass is 10.1. The predicted molar refractivity (Wildman–Crippen MR) is 64.8 cm³/mol. The molecule has 0 fully saturated rings. The summed E-state index contributed by atoms with van der Waals surface area (Å²) in [5.41, 5.74) is 0.198. The Morgan fingerprint density at radius 3 is 2.65 bits per heavy atom. The Kier molecular flexibility index (Phi) is 4.62. The SMILES string of the molecule is COC(=O)c1ccc(F)cc1NC(=O)C(C)Br. The molecule has 1 amide bonds. The van der Waals surface area contributed by atoms with Gasteiger partial charge in [-0.05, 0) is 25.1 Å². The number of nitrogens with one attached hydrogen (secondary N) is 1. The van der Waals surface area contributed by atoms with E-state index in [2.05, 4.69) is 26.0 Å². The minimum absolute atomic E-state index is 0.0909. The first kappa shape index (κ1) is 13.6. The fourth-order valence-corrected chi connectivity index (χ4v) is 1.25. The van der Waals surface area contributed by atoms with Crippen LogP contribution in [0.5, 0.6) is 0 Å². The van der Waals surface area contributed by atoms with Crippen molar-refractivity contribution in [2.75, 3.05) is 12.4 Å². The number of carbonyl (C=O) groups is 2. The van der Waals surface area contributed by atoms with Gasteiger partial charge in [0.25, 0.3) is 0 Å².